The molecule has 2 aromatic carbocycles. The van der Waals surface area contributed by atoms with E-state index in [-0.39, 0.29) is 11.4 Å². The third-order valence-electron chi connectivity index (χ3n) is 4.87. The van der Waals surface area contributed by atoms with Crippen molar-refractivity contribution in [2.24, 2.45) is 0 Å². The highest BCUT2D eigenvalue weighted by Crippen LogP contribution is 2.45. The molecular formula is C23H24O4. The van der Waals surface area contributed by atoms with Gasteiger partial charge in [-0.3, -0.25) is 0 Å². The van der Waals surface area contributed by atoms with Crippen molar-refractivity contribution in [1.82, 2.24) is 0 Å². The zero-order chi connectivity index (χ0) is 19.2. The van der Waals surface area contributed by atoms with Gasteiger partial charge in [-0.15, -0.1) is 0 Å². The summed E-state index contributed by atoms with van der Waals surface area (Å²) >= 11 is 0. The summed E-state index contributed by atoms with van der Waals surface area (Å²) in [6.07, 6.45) is 6.22. The molecule has 0 unspecified atom stereocenters. The fourth-order valence-corrected chi connectivity index (χ4v) is 3.53. The van der Waals surface area contributed by atoms with Gasteiger partial charge < -0.3 is 19.3 Å². The third kappa shape index (κ3) is 3.16. The maximum atomic E-state index is 10.4. The Morgan fingerprint density at radius 2 is 2.00 bits per heavy atom. The molecule has 4 heteroatoms. The van der Waals surface area contributed by atoms with E-state index >= 15 is 0 Å². The van der Waals surface area contributed by atoms with Crippen LogP contribution < -0.4 is 14.2 Å². The smallest absolute Gasteiger partial charge is 0.138 e. The van der Waals surface area contributed by atoms with Gasteiger partial charge in [0.25, 0.3) is 0 Å². The Hall–Kier alpha value is -2.88. The summed E-state index contributed by atoms with van der Waals surface area (Å²) in [6.45, 7) is 9.00. The van der Waals surface area contributed by atoms with E-state index in [2.05, 4.69) is 25.1 Å². The molecule has 0 aromatic heterocycles. The van der Waals surface area contributed by atoms with Crippen molar-refractivity contribution in [3.8, 4) is 23.0 Å². The Bertz CT molecular complexity index is 967. The molecule has 4 rings (SSSR count). The van der Waals surface area contributed by atoms with Gasteiger partial charge in [0, 0.05) is 22.8 Å². The van der Waals surface area contributed by atoms with Crippen LogP contribution in [0, 0.1) is 6.92 Å². The molecule has 2 heterocycles. The lowest BCUT2D eigenvalue weighted by Crippen LogP contribution is -2.28. The van der Waals surface area contributed by atoms with Crippen LogP contribution in [-0.2, 0) is 0 Å². The summed E-state index contributed by atoms with van der Waals surface area (Å²) in [5.41, 5.74) is 4.45. The van der Waals surface area contributed by atoms with Crippen LogP contribution in [0.25, 0.3) is 17.7 Å². The molecule has 0 aliphatic carbocycles. The van der Waals surface area contributed by atoms with Crippen molar-refractivity contribution in [2.75, 3.05) is 13.2 Å². The Kier molecular flexibility index (Phi) is 4.14. The van der Waals surface area contributed by atoms with Gasteiger partial charge in [0.1, 0.15) is 35.2 Å². The van der Waals surface area contributed by atoms with Gasteiger partial charge in [-0.2, -0.15) is 0 Å². The normalized spacial score (nSPS) is 16.5. The van der Waals surface area contributed by atoms with Gasteiger partial charge in [-0.05, 0) is 69.7 Å². The molecular weight excluding hydrogens is 340 g/mol. The number of aromatic hydroxyl groups is 1. The summed E-state index contributed by atoms with van der Waals surface area (Å²) in [7, 11) is 0. The number of benzene rings is 2. The van der Waals surface area contributed by atoms with Crippen molar-refractivity contribution in [1.29, 1.82) is 0 Å². The molecule has 0 saturated heterocycles. The second-order valence-corrected chi connectivity index (χ2v) is 7.46. The number of phenolic OH excluding ortho intramolecular Hbond substituents is 1. The van der Waals surface area contributed by atoms with Crippen LogP contribution in [0.2, 0.25) is 0 Å². The Labute approximate surface area is 159 Å². The molecule has 0 spiro atoms. The molecule has 0 amide bonds. The van der Waals surface area contributed by atoms with Crippen LogP contribution in [0.1, 0.15) is 43.0 Å². The molecule has 0 radical (unpaired) electrons. The predicted octanol–water partition coefficient (Wildman–Crippen LogP) is 5.22. The van der Waals surface area contributed by atoms with Crippen molar-refractivity contribution in [3.05, 3.63) is 52.6 Å². The lowest BCUT2D eigenvalue weighted by atomic mass is 9.92. The number of phenols is 1. The number of hydrogen-bond donors (Lipinski definition) is 1. The van der Waals surface area contributed by atoms with E-state index < -0.39 is 0 Å². The van der Waals surface area contributed by atoms with Gasteiger partial charge in [0.2, 0.25) is 0 Å². The summed E-state index contributed by atoms with van der Waals surface area (Å²) in [5.74, 6) is 2.54. The van der Waals surface area contributed by atoms with Crippen molar-refractivity contribution >= 4 is 17.7 Å². The predicted molar refractivity (Wildman–Crippen MR) is 108 cm³/mol. The maximum Gasteiger partial charge on any atom is 0.138 e. The highest BCUT2D eigenvalue weighted by molar-refractivity contribution is 5.90. The summed E-state index contributed by atoms with van der Waals surface area (Å²) < 4.78 is 17.7. The first kappa shape index (κ1) is 17.5. The van der Waals surface area contributed by atoms with E-state index in [1.165, 1.54) is 0 Å². The van der Waals surface area contributed by atoms with Crippen molar-refractivity contribution in [3.63, 3.8) is 0 Å². The molecule has 27 heavy (non-hydrogen) atoms. The van der Waals surface area contributed by atoms with Crippen LogP contribution in [-0.4, -0.2) is 23.9 Å². The first-order valence-corrected chi connectivity index (χ1v) is 9.23. The Morgan fingerprint density at radius 3 is 2.74 bits per heavy atom. The van der Waals surface area contributed by atoms with Gasteiger partial charge in [-0.1, -0.05) is 0 Å². The number of aryl methyl sites for hydroxylation is 1. The first-order valence-electron chi connectivity index (χ1n) is 9.23. The Morgan fingerprint density at radius 1 is 1.19 bits per heavy atom. The molecule has 0 atom stereocenters. The average molecular weight is 364 g/mol. The molecule has 2 aliphatic rings. The van der Waals surface area contributed by atoms with Crippen molar-refractivity contribution < 1.29 is 19.3 Å². The van der Waals surface area contributed by atoms with E-state index in [1.54, 1.807) is 6.07 Å². The molecule has 0 bridgehead atoms. The molecule has 2 aromatic rings. The number of hydrogen-bond acceptors (Lipinski definition) is 4. The molecule has 140 valence electrons. The summed E-state index contributed by atoms with van der Waals surface area (Å²) in [4.78, 5) is 0. The minimum atomic E-state index is -0.322. The van der Waals surface area contributed by atoms with E-state index in [0.717, 1.165) is 39.3 Å². The number of rotatable bonds is 3. The topological polar surface area (TPSA) is 47.9 Å². The second kappa shape index (κ2) is 6.38. The number of fused-ring (bicyclic) bond motifs is 3. The summed E-state index contributed by atoms with van der Waals surface area (Å²) in [5, 5.41) is 10.4. The molecule has 2 aliphatic heterocycles. The third-order valence-corrected chi connectivity index (χ3v) is 4.87. The zero-order valence-corrected chi connectivity index (χ0v) is 16.1. The monoisotopic (exact) mass is 364 g/mol. The minimum Gasteiger partial charge on any atom is -0.507 e. The Balaban J connectivity index is 1.76. The maximum absolute atomic E-state index is 10.4. The van der Waals surface area contributed by atoms with Crippen LogP contribution in [0.15, 0.2) is 30.3 Å². The standard InChI is InChI=1S/C23H24O4/c1-5-25-16-6-7-17(20(24)12-16)15-11-19-14(2)10-21-18(22(19)26-13-15)8-9-23(3,4)27-21/h6-12,24H,5,13H2,1-4H3. The average Bonchev–Trinajstić information content (AvgIpc) is 2.61. The molecule has 4 nitrogen and oxygen atoms in total. The van der Waals surface area contributed by atoms with E-state index in [0.29, 0.717) is 19.0 Å². The first-order chi connectivity index (χ1) is 12.9. The van der Waals surface area contributed by atoms with Crippen LogP contribution in [0.5, 0.6) is 23.0 Å². The van der Waals surface area contributed by atoms with Gasteiger partial charge in [-0.25, -0.2) is 0 Å². The molecule has 1 N–H and O–H groups in total. The lowest BCUT2D eigenvalue weighted by molar-refractivity contribution is 0.158. The van der Waals surface area contributed by atoms with E-state index in [4.69, 9.17) is 14.2 Å². The highest BCUT2D eigenvalue weighted by Gasteiger charge is 2.28. The molecule has 0 saturated carbocycles. The van der Waals surface area contributed by atoms with Crippen LogP contribution in [0.4, 0.5) is 0 Å². The van der Waals surface area contributed by atoms with Crippen LogP contribution in [0.3, 0.4) is 0 Å². The number of ether oxygens (including phenoxy) is 3. The van der Waals surface area contributed by atoms with Gasteiger partial charge in [0.05, 0.1) is 12.2 Å². The van der Waals surface area contributed by atoms with E-state index in [1.807, 2.05) is 39.0 Å². The van der Waals surface area contributed by atoms with Crippen molar-refractivity contribution in [2.45, 2.75) is 33.3 Å². The zero-order valence-electron chi connectivity index (χ0n) is 16.1. The fourth-order valence-electron chi connectivity index (χ4n) is 3.53. The minimum absolute atomic E-state index is 0.194. The quantitative estimate of drug-likeness (QED) is 0.811. The van der Waals surface area contributed by atoms with E-state index in [9.17, 15) is 5.11 Å². The lowest BCUT2D eigenvalue weighted by Gasteiger charge is -2.31. The fraction of sp³-hybridized carbons (Fsp3) is 0.304. The molecule has 0 fully saturated rings. The van der Waals surface area contributed by atoms with Gasteiger partial charge >= 0.3 is 0 Å². The van der Waals surface area contributed by atoms with Crippen LogP contribution >= 0.6 is 0 Å². The van der Waals surface area contributed by atoms with Gasteiger partial charge in [0.15, 0.2) is 0 Å². The highest BCUT2D eigenvalue weighted by atomic mass is 16.5. The largest absolute Gasteiger partial charge is 0.507 e. The SMILES string of the molecule is CCOc1ccc(C2=Cc3c(C)cc4c(c3OC2)C=CC(C)(C)O4)c(O)c1. The summed E-state index contributed by atoms with van der Waals surface area (Å²) in [6, 6.07) is 7.45. The second-order valence-electron chi connectivity index (χ2n) is 7.46.